The minimum Gasteiger partial charge on any atom is -0.346 e. The minimum atomic E-state index is -0.106. The average molecular weight is 376 g/mol. The first-order valence-electron chi connectivity index (χ1n) is 7.19. The smallest absolute Gasteiger partial charge is 0.261 e. The number of halogens is 1. The van der Waals surface area contributed by atoms with Crippen LogP contribution in [0.4, 0.5) is 0 Å². The van der Waals surface area contributed by atoms with Crippen molar-refractivity contribution in [3.8, 4) is 0 Å². The summed E-state index contributed by atoms with van der Waals surface area (Å²) in [6, 6.07) is 11.4. The molecular formula is C17H14ClN3OS2. The number of aryl methyl sites for hydroxylation is 1. The summed E-state index contributed by atoms with van der Waals surface area (Å²) in [5, 5.41) is 3.57. The summed E-state index contributed by atoms with van der Waals surface area (Å²) >= 11 is 8.95. The lowest BCUT2D eigenvalue weighted by Crippen LogP contribution is -2.22. The van der Waals surface area contributed by atoms with Gasteiger partial charge in [-0.25, -0.2) is 0 Å². The fourth-order valence-electron chi connectivity index (χ4n) is 1.88. The van der Waals surface area contributed by atoms with Gasteiger partial charge in [0.2, 0.25) is 0 Å². The Morgan fingerprint density at radius 3 is 2.67 bits per heavy atom. The van der Waals surface area contributed by atoms with Gasteiger partial charge in [-0.2, -0.15) is 0 Å². The zero-order valence-electron chi connectivity index (χ0n) is 12.8. The van der Waals surface area contributed by atoms with Gasteiger partial charge in [-0.1, -0.05) is 23.4 Å². The minimum absolute atomic E-state index is 0.106. The van der Waals surface area contributed by atoms with E-state index in [0.29, 0.717) is 16.4 Å². The van der Waals surface area contributed by atoms with Crippen LogP contribution in [0.3, 0.4) is 0 Å². The summed E-state index contributed by atoms with van der Waals surface area (Å²) in [7, 11) is 0. The van der Waals surface area contributed by atoms with Crippen molar-refractivity contribution in [2.24, 2.45) is 0 Å². The van der Waals surface area contributed by atoms with Crippen LogP contribution in [0, 0.1) is 6.92 Å². The van der Waals surface area contributed by atoms with Crippen LogP contribution in [0.5, 0.6) is 0 Å². The molecule has 0 atom stereocenters. The average Bonchev–Trinajstić information content (AvgIpc) is 3.05. The molecule has 0 radical (unpaired) electrons. The van der Waals surface area contributed by atoms with E-state index in [4.69, 9.17) is 11.6 Å². The van der Waals surface area contributed by atoms with Gasteiger partial charge >= 0.3 is 0 Å². The van der Waals surface area contributed by atoms with E-state index in [-0.39, 0.29) is 5.91 Å². The van der Waals surface area contributed by atoms with Gasteiger partial charge in [0.25, 0.3) is 5.91 Å². The molecule has 3 aromatic rings. The molecule has 122 valence electrons. The lowest BCUT2D eigenvalue weighted by Gasteiger charge is -2.03. The molecule has 0 aliphatic rings. The number of thiophene rings is 1. The standard InChI is InChI=1S/C17H14ClN3OS2/c1-11-8-20-13(9-19-11)10-21-17(22)15-6-7-16(24-15)23-14-4-2-12(18)3-5-14/h2-9H,10H2,1H3,(H,21,22). The SMILES string of the molecule is Cc1cnc(CNC(=O)c2ccc(Sc3ccc(Cl)cc3)s2)cn1. The molecular weight excluding hydrogens is 362 g/mol. The molecule has 1 amide bonds. The molecule has 3 rings (SSSR count). The Balaban J connectivity index is 1.59. The van der Waals surface area contributed by atoms with Crippen molar-refractivity contribution >= 4 is 40.6 Å². The Labute approximate surface area is 153 Å². The van der Waals surface area contributed by atoms with Crippen LogP contribution in [-0.4, -0.2) is 15.9 Å². The fraction of sp³-hybridized carbons (Fsp3) is 0.118. The molecule has 24 heavy (non-hydrogen) atoms. The van der Waals surface area contributed by atoms with E-state index < -0.39 is 0 Å². The number of nitrogens with zero attached hydrogens (tertiary/aromatic N) is 2. The summed E-state index contributed by atoms with van der Waals surface area (Å²) in [5.41, 5.74) is 1.59. The molecule has 2 aromatic heterocycles. The van der Waals surface area contributed by atoms with E-state index in [1.54, 1.807) is 24.2 Å². The van der Waals surface area contributed by atoms with E-state index in [2.05, 4.69) is 15.3 Å². The van der Waals surface area contributed by atoms with Crippen molar-refractivity contribution in [3.63, 3.8) is 0 Å². The van der Waals surface area contributed by atoms with Gasteiger partial charge < -0.3 is 5.32 Å². The zero-order chi connectivity index (χ0) is 16.9. The topological polar surface area (TPSA) is 54.9 Å². The quantitative estimate of drug-likeness (QED) is 0.709. The highest BCUT2D eigenvalue weighted by Gasteiger charge is 2.10. The van der Waals surface area contributed by atoms with Crippen LogP contribution in [0.2, 0.25) is 5.02 Å². The Hall–Kier alpha value is -1.89. The molecule has 0 saturated heterocycles. The molecule has 0 unspecified atom stereocenters. The lowest BCUT2D eigenvalue weighted by atomic mass is 10.4. The summed E-state index contributed by atoms with van der Waals surface area (Å²) in [4.78, 5) is 22.4. The van der Waals surface area contributed by atoms with Gasteiger partial charge in [0, 0.05) is 16.1 Å². The van der Waals surface area contributed by atoms with E-state index in [1.807, 2.05) is 43.3 Å². The second-order valence-electron chi connectivity index (χ2n) is 5.01. The van der Waals surface area contributed by atoms with Gasteiger partial charge in [-0.3, -0.25) is 14.8 Å². The second-order valence-corrected chi connectivity index (χ2v) is 7.90. The molecule has 7 heteroatoms. The van der Waals surface area contributed by atoms with E-state index in [1.165, 1.54) is 11.3 Å². The zero-order valence-corrected chi connectivity index (χ0v) is 15.2. The Bertz CT molecular complexity index is 832. The van der Waals surface area contributed by atoms with Gasteiger partial charge in [0.05, 0.1) is 33.2 Å². The third-order valence-electron chi connectivity index (χ3n) is 3.10. The first kappa shape index (κ1) is 17.0. The predicted molar refractivity (Wildman–Crippen MR) is 97.8 cm³/mol. The molecule has 0 fully saturated rings. The molecule has 0 bridgehead atoms. The molecule has 2 heterocycles. The maximum atomic E-state index is 12.2. The van der Waals surface area contributed by atoms with Crippen molar-refractivity contribution in [3.05, 3.63) is 70.1 Å². The monoisotopic (exact) mass is 375 g/mol. The normalized spacial score (nSPS) is 10.6. The van der Waals surface area contributed by atoms with Crippen LogP contribution < -0.4 is 5.32 Å². The number of carbonyl (C=O) groups is 1. The highest BCUT2D eigenvalue weighted by atomic mass is 35.5. The summed E-state index contributed by atoms with van der Waals surface area (Å²) < 4.78 is 1.05. The van der Waals surface area contributed by atoms with Gasteiger partial charge in [-0.05, 0) is 43.3 Å². The lowest BCUT2D eigenvalue weighted by molar-refractivity contribution is 0.0954. The van der Waals surface area contributed by atoms with Gasteiger partial charge in [0.1, 0.15) is 0 Å². The number of hydrogen-bond donors (Lipinski definition) is 1. The molecule has 0 saturated carbocycles. The maximum Gasteiger partial charge on any atom is 0.261 e. The molecule has 0 aliphatic carbocycles. The Morgan fingerprint density at radius 2 is 1.96 bits per heavy atom. The summed E-state index contributed by atoms with van der Waals surface area (Å²) in [6.07, 6.45) is 3.36. The van der Waals surface area contributed by atoms with E-state index in [0.717, 1.165) is 20.5 Å². The number of aromatic nitrogens is 2. The Kier molecular flexibility index (Phi) is 5.50. The van der Waals surface area contributed by atoms with Crippen molar-refractivity contribution < 1.29 is 4.79 Å². The third kappa shape index (κ3) is 4.56. The number of nitrogens with one attached hydrogen (secondary N) is 1. The molecule has 0 spiro atoms. The van der Waals surface area contributed by atoms with Crippen molar-refractivity contribution in [2.45, 2.75) is 22.6 Å². The van der Waals surface area contributed by atoms with Crippen molar-refractivity contribution in [2.75, 3.05) is 0 Å². The fourth-order valence-corrected chi connectivity index (χ4v) is 4.03. The number of hydrogen-bond acceptors (Lipinski definition) is 5. The van der Waals surface area contributed by atoms with Crippen LogP contribution in [0.1, 0.15) is 21.1 Å². The van der Waals surface area contributed by atoms with Gasteiger partial charge in [0.15, 0.2) is 0 Å². The maximum absolute atomic E-state index is 12.2. The molecule has 0 aliphatic heterocycles. The number of rotatable bonds is 5. The number of carbonyl (C=O) groups excluding carboxylic acids is 1. The molecule has 1 N–H and O–H groups in total. The molecule has 1 aromatic carbocycles. The first-order chi connectivity index (χ1) is 11.6. The van der Waals surface area contributed by atoms with Crippen LogP contribution in [0.25, 0.3) is 0 Å². The number of amides is 1. The van der Waals surface area contributed by atoms with Crippen LogP contribution in [-0.2, 0) is 6.54 Å². The van der Waals surface area contributed by atoms with E-state index >= 15 is 0 Å². The second kappa shape index (κ2) is 7.79. The van der Waals surface area contributed by atoms with Crippen LogP contribution >= 0.6 is 34.7 Å². The summed E-state index contributed by atoms with van der Waals surface area (Å²) in [5.74, 6) is -0.106. The number of benzene rings is 1. The molecule has 4 nitrogen and oxygen atoms in total. The largest absolute Gasteiger partial charge is 0.346 e. The Morgan fingerprint density at radius 1 is 1.17 bits per heavy atom. The highest BCUT2D eigenvalue weighted by molar-refractivity contribution is 8.01. The van der Waals surface area contributed by atoms with E-state index in [9.17, 15) is 4.79 Å². The van der Waals surface area contributed by atoms with Gasteiger partial charge in [-0.15, -0.1) is 11.3 Å². The van der Waals surface area contributed by atoms with Crippen LogP contribution in [0.15, 0.2) is 57.9 Å². The van der Waals surface area contributed by atoms with Crippen molar-refractivity contribution in [1.29, 1.82) is 0 Å². The summed E-state index contributed by atoms with van der Waals surface area (Å²) in [6.45, 7) is 2.24. The third-order valence-corrected chi connectivity index (χ3v) is 5.58. The first-order valence-corrected chi connectivity index (χ1v) is 9.20. The predicted octanol–water partition coefficient (Wildman–Crippen LogP) is 4.58. The van der Waals surface area contributed by atoms with Crippen molar-refractivity contribution in [1.82, 2.24) is 15.3 Å². The highest BCUT2D eigenvalue weighted by Crippen LogP contribution is 2.33.